The number of hydrogen-bond acceptors (Lipinski definition) is 5. The Morgan fingerprint density at radius 3 is 2.95 bits per heavy atom. The molecule has 0 aliphatic carbocycles. The smallest absolute Gasteiger partial charge is 0.181 e. The Bertz CT molecular complexity index is 678. The Morgan fingerprint density at radius 2 is 2.19 bits per heavy atom. The van der Waals surface area contributed by atoms with Gasteiger partial charge >= 0.3 is 0 Å². The molecular formula is C14H14Cl2N4O. The van der Waals surface area contributed by atoms with Gasteiger partial charge in [-0.15, -0.1) is 0 Å². The quantitative estimate of drug-likeness (QED) is 0.938. The molecule has 2 aromatic rings. The molecule has 0 amide bonds. The fraction of sp³-hybridized carbons (Fsp3) is 0.357. The van der Waals surface area contributed by atoms with Gasteiger partial charge in [-0.25, -0.2) is 15.0 Å². The molecule has 5 nitrogen and oxygen atoms in total. The van der Waals surface area contributed by atoms with Gasteiger partial charge in [0.25, 0.3) is 0 Å². The highest BCUT2D eigenvalue weighted by molar-refractivity contribution is 6.35. The lowest BCUT2D eigenvalue weighted by Crippen LogP contribution is -2.17. The molecule has 1 aliphatic rings. The Labute approximate surface area is 132 Å². The minimum Gasteiger partial charge on any atom is -0.376 e. The standard InChI is InChI=1S/C14H14Cl2N4O/c1-2-17-13-9-7-21-4-3-11(9)19-14(20-13)12-10(16)5-8(15)6-18-12/h5-6H,2-4,7H2,1H3,(H,17,19,20). The van der Waals surface area contributed by atoms with Crippen LogP contribution in [-0.4, -0.2) is 28.1 Å². The van der Waals surface area contributed by atoms with Crippen LogP contribution in [0.2, 0.25) is 10.0 Å². The fourth-order valence-corrected chi connectivity index (χ4v) is 2.70. The molecule has 1 aliphatic heterocycles. The number of halogens is 2. The Balaban J connectivity index is 2.12. The number of fused-ring (bicyclic) bond motifs is 1. The van der Waals surface area contributed by atoms with Crippen LogP contribution in [0.15, 0.2) is 12.3 Å². The van der Waals surface area contributed by atoms with E-state index in [1.54, 1.807) is 12.3 Å². The maximum absolute atomic E-state index is 6.20. The highest BCUT2D eigenvalue weighted by Gasteiger charge is 2.20. The second-order valence-corrected chi connectivity index (χ2v) is 5.48. The lowest BCUT2D eigenvalue weighted by molar-refractivity contribution is 0.109. The predicted octanol–water partition coefficient (Wildman–Crippen LogP) is 3.35. The minimum atomic E-state index is 0.442. The fourth-order valence-electron chi connectivity index (χ4n) is 2.23. The van der Waals surface area contributed by atoms with E-state index in [0.717, 1.165) is 30.0 Å². The second kappa shape index (κ2) is 6.13. The zero-order valence-corrected chi connectivity index (χ0v) is 13.0. The minimum absolute atomic E-state index is 0.442. The molecule has 110 valence electrons. The number of ether oxygens (including phenoxy) is 1. The Kier molecular flexibility index (Phi) is 4.24. The first kappa shape index (κ1) is 14.5. The number of hydrogen-bond donors (Lipinski definition) is 1. The number of rotatable bonds is 3. The summed E-state index contributed by atoms with van der Waals surface area (Å²) in [6.07, 6.45) is 2.30. The molecule has 2 aromatic heterocycles. The summed E-state index contributed by atoms with van der Waals surface area (Å²) >= 11 is 12.1. The lowest BCUT2D eigenvalue weighted by atomic mass is 10.1. The van der Waals surface area contributed by atoms with E-state index in [9.17, 15) is 0 Å². The molecule has 0 saturated heterocycles. The van der Waals surface area contributed by atoms with Crippen LogP contribution in [0.5, 0.6) is 0 Å². The van der Waals surface area contributed by atoms with Gasteiger partial charge in [0.15, 0.2) is 5.82 Å². The van der Waals surface area contributed by atoms with Gasteiger partial charge in [0.05, 0.1) is 29.0 Å². The van der Waals surface area contributed by atoms with Crippen molar-refractivity contribution in [1.82, 2.24) is 15.0 Å². The summed E-state index contributed by atoms with van der Waals surface area (Å²) in [6.45, 7) is 3.98. The third kappa shape index (κ3) is 2.95. The van der Waals surface area contributed by atoms with Gasteiger partial charge in [0.2, 0.25) is 0 Å². The highest BCUT2D eigenvalue weighted by atomic mass is 35.5. The van der Waals surface area contributed by atoms with Crippen LogP contribution in [0, 0.1) is 0 Å². The van der Waals surface area contributed by atoms with Crippen molar-refractivity contribution in [3.05, 3.63) is 33.6 Å². The molecule has 3 heterocycles. The predicted molar refractivity (Wildman–Crippen MR) is 82.8 cm³/mol. The molecule has 21 heavy (non-hydrogen) atoms. The van der Waals surface area contributed by atoms with Crippen molar-refractivity contribution in [2.45, 2.75) is 20.0 Å². The number of pyridine rings is 1. The third-order valence-corrected chi connectivity index (χ3v) is 3.68. The van der Waals surface area contributed by atoms with E-state index in [2.05, 4.69) is 20.3 Å². The van der Waals surface area contributed by atoms with Crippen molar-refractivity contribution in [2.24, 2.45) is 0 Å². The van der Waals surface area contributed by atoms with Crippen molar-refractivity contribution >= 4 is 29.0 Å². The summed E-state index contributed by atoms with van der Waals surface area (Å²) in [4.78, 5) is 13.4. The van der Waals surface area contributed by atoms with Gasteiger partial charge in [-0.2, -0.15) is 0 Å². The number of aromatic nitrogens is 3. The SMILES string of the molecule is CCNc1nc(-c2ncc(Cl)cc2Cl)nc2c1COCC2. The van der Waals surface area contributed by atoms with Gasteiger partial charge in [0, 0.05) is 24.7 Å². The van der Waals surface area contributed by atoms with E-state index in [-0.39, 0.29) is 0 Å². The van der Waals surface area contributed by atoms with Crippen molar-refractivity contribution in [3.63, 3.8) is 0 Å². The van der Waals surface area contributed by atoms with Crippen LogP contribution in [0.25, 0.3) is 11.5 Å². The van der Waals surface area contributed by atoms with E-state index in [1.807, 2.05) is 6.92 Å². The number of anilines is 1. The van der Waals surface area contributed by atoms with Crippen molar-refractivity contribution in [2.75, 3.05) is 18.5 Å². The summed E-state index contributed by atoms with van der Waals surface area (Å²) in [5, 5.41) is 4.18. The monoisotopic (exact) mass is 324 g/mol. The molecule has 0 spiro atoms. The van der Waals surface area contributed by atoms with E-state index in [0.29, 0.717) is 34.8 Å². The van der Waals surface area contributed by atoms with Gasteiger partial charge in [-0.05, 0) is 13.0 Å². The first-order valence-corrected chi connectivity index (χ1v) is 7.47. The van der Waals surface area contributed by atoms with Gasteiger partial charge in [0.1, 0.15) is 11.5 Å². The molecule has 0 atom stereocenters. The van der Waals surface area contributed by atoms with Crippen molar-refractivity contribution < 1.29 is 4.74 Å². The summed E-state index contributed by atoms with van der Waals surface area (Å²) in [6, 6.07) is 1.64. The van der Waals surface area contributed by atoms with Crippen LogP contribution >= 0.6 is 23.2 Å². The largest absolute Gasteiger partial charge is 0.376 e. The first-order valence-electron chi connectivity index (χ1n) is 6.72. The van der Waals surface area contributed by atoms with Gasteiger partial charge in [-0.1, -0.05) is 23.2 Å². The molecule has 3 rings (SSSR count). The maximum atomic E-state index is 6.20. The molecule has 1 N–H and O–H groups in total. The highest BCUT2D eigenvalue weighted by Crippen LogP contribution is 2.29. The average molecular weight is 325 g/mol. The van der Waals surface area contributed by atoms with Crippen LogP contribution in [-0.2, 0) is 17.8 Å². The summed E-state index contributed by atoms with van der Waals surface area (Å²) in [5.41, 5.74) is 2.53. The molecule has 0 unspecified atom stereocenters. The normalized spacial score (nSPS) is 13.9. The Morgan fingerprint density at radius 1 is 1.33 bits per heavy atom. The zero-order valence-electron chi connectivity index (χ0n) is 11.5. The van der Waals surface area contributed by atoms with Crippen molar-refractivity contribution in [1.29, 1.82) is 0 Å². The van der Waals surface area contributed by atoms with Crippen LogP contribution in [0.3, 0.4) is 0 Å². The van der Waals surface area contributed by atoms with Crippen LogP contribution in [0.1, 0.15) is 18.2 Å². The number of nitrogens with zero attached hydrogens (tertiary/aromatic N) is 3. The van der Waals surface area contributed by atoms with E-state index in [1.165, 1.54) is 0 Å². The number of nitrogens with one attached hydrogen (secondary N) is 1. The molecule has 0 saturated carbocycles. The Hall–Kier alpha value is -1.43. The molecule has 0 bridgehead atoms. The van der Waals surface area contributed by atoms with E-state index < -0.39 is 0 Å². The maximum Gasteiger partial charge on any atom is 0.181 e. The lowest BCUT2D eigenvalue weighted by Gasteiger charge is -2.19. The zero-order chi connectivity index (χ0) is 14.8. The molecule has 0 radical (unpaired) electrons. The van der Waals surface area contributed by atoms with Crippen LogP contribution in [0.4, 0.5) is 5.82 Å². The topological polar surface area (TPSA) is 59.9 Å². The summed E-state index contributed by atoms with van der Waals surface area (Å²) < 4.78 is 5.49. The van der Waals surface area contributed by atoms with E-state index >= 15 is 0 Å². The second-order valence-electron chi connectivity index (χ2n) is 4.64. The van der Waals surface area contributed by atoms with Crippen LogP contribution < -0.4 is 5.32 Å². The first-order chi connectivity index (χ1) is 10.2. The molecule has 0 fully saturated rings. The van der Waals surface area contributed by atoms with Gasteiger partial charge in [-0.3, -0.25) is 0 Å². The van der Waals surface area contributed by atoms with E-state index in [4.69, 9.17) is 27.9 Å². The summed E-state index contributed by atoms with van der Waals surface area (Å²) in [5.74, 6) is 1.29. The molecule has 7 heteroatoms. The summed E-state index contributed by atoms with van der Waals surface area (Å²) in [7, 11) is 0. The van der Waals surface area contributed by atoms with Crippen molar-refractivity contribution in [3.8, 4) is 11.5 Å². The molecular weight excluding hydrogens is 311 g/mol. The van der Waals surface area contributed by atoms with Gasteiger partial charge < -0.3 is 10.1 Å². The average Bonchev–Trinajstić information content (AvgIpc) is 2.47. The third-order valence-electron chi connectivity index (χ3n) is 3.19. The molecule has 0 aromatic carbocycles.